The van der Waals surface area contributed by atoms with Crippen LogP contribution in [0.1, 0.15) is 30.7 Å². The van der Waals surface area contributed by atoms with Gasteiger partial charge in [0.15, 0.2) is 6.29 Å². The van der Waals surface area contributed by atoms with Crippen molar-refractivity contribution in [2.24, 2.45) is 0 Å². The highest BCUT2D eigenvalue weighted by molar-refractivity contribution is 7.15. The van der Waals surface area contributed by atoms with Crippen molar-refractivity contribution in [3.8, 4) is 16.3 Å². The van der Waals surface area contributed by atoms with Crippen molar-refractivity contribution < 1.29 is 14.6 Å². The molecule has 20 heavy (non-hydrogen) atoms. The number of benzene rings is 1. The average molecular weight is 293 g/mol. The van der Waals surface area contributed by atoms with Crippen LogP contribution in [0, 0.1) is 6.92 Å². The maximum Gasteiger partial charge on any atom is 0.199 e. The van der Waals surface area contributed by atoms with E-state index < -0.39 is 6.29 Å². The molecule has 0 saturated heterocycles. The van der Waals surface area contributed by atoms with Crippen LogP contribution in [0.5, 0.6) is 5.75 Å². The molecule has 4 nitrogen and oxygen atoms in total. The Balaban J connectivity index is 2.22. The van der Waals surface area contributed by atoms with E-state index in [0.29, 0.717) is 18.9 Å². The summed E-state index contributed by atoms with van der Waals surface area (Å²) in [5.41, 5.74) is 1.61. The van der Waals surface area contributed by atoms with E-state index in [9.17, 15) is 5.11 Å². The highest BCUT2D eigenvalue weighted by Gasteiger charge is 2.16. The third kappa shape index (κ3) is 3.36. The molecule has 0 fully saturated rings. The topological polar surface area (TPSA) is 51.6 Å². The molecule has 1 unspecified atom stereocenters. The molecule has 1 N–H and O–H groups in total. The molecule has 1 atom stereocenters. The number of nitrogens with zero attached hydrogens (tertiary/aromatic N) is 1. The van der Waals surface area contributed by atoms with Gasteiger partial charge in [-0.05, 0) is 45.0 Å². The number of aliphatic hydroxyl groups is 1. The molecule has 1 heterocycles. The second kappa shape index (κ2) is 6.83. The first-order valence-electron chi connectivity index (χ1n) is 6.66. The predicted molar refractivity (Wildman–Crippen MR) is 80.0 cm³/mol. The van der Waals surface area contributed by atoms with Crippen LogP contribution in [0.3, 0.4) is 0 Å². The minimum Gasteiger partial charge on any atom is -0.494 e. The van der Waals surface area contributed by atoms with Crippen LogP contribution in [0.25, 0.3) is 10.6 Å². The van der Waals surface area contributed by atoms with Crippen molar-refractivity contribution in [1.29, 1.82) is 0 Å². The number of aromatic nitrogens is 1. The van der Waals surface area contributed by atoms with Gasteiger partial charge in [0, 0.05) is 17.0 Å². The molecule has 2 rings (SSSR count). The van der Waals surface area contributed by atoms with E-state index in [1.165, 1.54) is 0 Å². The third-order valence-corrected chi connectivity index (χ3v) is 3.84. The third-order valence-electron chi connectivity index (χ3n) is 2.80. The summed E-state index contributed by atoms with van der Waals surface area (Å²) < 4.78 is 10.6. The predicted octanol–water partition coefficient (Wildman–Crippen LogP) is 3.54. The van der Waals surface area contributed by atoms with Crippen molar-refractivity contribution in [2.45, 2.75) is 27.1 Å². The number of rotatable bonds is 6. The fourth-order valence-corrected chi connectivity index (χ4v) is 2.80. The summed E-state index contributed by atoms with van der Waals surface area (Å²) in [7, 11) is 0. The summed E-state index contributed by atoms with van der Waals surface area (Å²) >= 11 is 1.55. The van der Waals surface area contributed by atoms with E-state index in [1.54, 1.807) is 11.3 Å². The number of hydrogen-bond acceptors (Lipinski definition) is 5. The molecule has 0 bridgehead atoms. The van der Waals surface area contributed by atoms with E-state index >= 15 is 0 Å². The lowest BCUT2D eigenvalue weighted by molar-refractivity contribution is -0.101. The Kier molecular flexibility index (Phi) is 5.11. The Morgan fingerprint density at radius 3 is 2.50 bits per heavy atom. The SMILES string of the molecule is CCOc1ccc(-c2nc(C(O)OCC)c(C)s2)cc1. The first-order chi connectivity index (χ1) is 9.65. The highest BCUT2D eigenvalue weighted by Crippen LogP contribution is 2.31. The minimum atomic E-state index is -0.951. The molecule has 1 aromatic carbocycles. The smallest absolute Gasteiger partial charge is 0.199 e. The lowest BCUT2D eigenvalue weighted by atomic mass is 10.2. The number of thiazole rings is 1. The molecule has 108 valence electrons. The highest BCUT2D eigenvalue weighted by atomic mass is 32.1. The number of aliphatic hydroxyl groups excluding tert-OH is 1. The normalized spacial score (nSPS) is 12.4. The Labute approximate surface area is 123 Å². The second-order valence-corrected chi connectivity index (χ2v) is 5.43. The number of ether oxygens (including phenoxy) is 2. The van der Waals surface area contributed by atoms with Crippen molar-refractivity contribution in [2.75, 3.05) is 13.2 Å². The van der Waals surface area contributed by atoms with E-state index in [-0.39, 0.29) is 0 Å². The Bertz CT molecular complexity index is 551. The lowest BCUT2D eigenvalue weighted by Crippen LogP contribution is -2.04. The van der Waals surface area contributed by atoms with Crippen LogP contribution in [-0.2, 0) is 4.74 Å². The molecular weight excluding hydrogens is 274 g/mol. The van der Waals surface area contributed by atoms with Crippen molar-refractivity contribution in [3.63, 3.8) is 0 Å². The van der Waals surface area contributed by atoms with Crippen molar-refractivity contribution in [1.82, 2.24) is 4.98 Å². The molecular formula is C15H19NO3S. The molecule has 0 aliphatic carbocycles. The number of hydrogen-bond donors (Lipinski definition) is 1. The zero-order valence-corrected chi connectivity index (χ0v) is 12.7. The van der Waals surface area contributed by atoms with Crippen molar-refractivity contribution >= 4 is 11.3 Å². The quantitative estimate of drug-likeness (QED) is 0.828. The lowest BCUT2D eigenvalue weighted by Gasteiger charge is -2.07. The van der Waals surface area contributed by atoms with Crippen molar-refractivity contribution in [3.05, 3.63) is 34.8 Å². The molecule has 2 aromatic rings. The zero-order valence-electron chi connectivity index (χ0n) is 11.9. The summed E-state index contributed by atoms with van der Waals surface area (Å²) in [6, 6.07) is 7.79. The van der Waals surface area contributed by atoms with Gasteiger partial charge in [-0.15, -0.1) is 11.3 Å². The summed E-state index contributed by atoms with van der Waals surface area (Å²) in [4.78, 5) is 5.44. The van der Waals surface area contributed by atoms with Crippen LogP contribution >= 0.6 is 11.3 Å². The van der Waals surface area contributed by atoms with Gasteiger partial charge in [0.05, 0.1) is 6.61 Å². The maximum absolute atomic E-state index is 9.88. The summed E-state index contributed by atoms with van der Waals surface area (Å²) in [6.45, 7) is 6.85. The van der Waals surface area contributed by atoms with Crippen LogP contribution in [0.15, 0.2) is 24.3 Å². The average Bonchev–Trinajstić information content (AvgIpc) is 2.82. The van der Waals surface area contributed by atoms with Crippen LogP contribution in [-0.4, -0.2) is 23.3 Å². The molecule has 0 aliphatic rings. The van der Waals surface area contributed by atoms with Gasteiger partial charge >= 0.3 is 0 Å². The van der Waals surface area contributed by atoms with Gasteiger partial charge in [-0.3, -0.25) is 0 Å². The largest absolute Gasteiger partial charge is 0.494 e. The van der Waals surface area contributed by atoms with Gasteiger partial charge in [-0.1, -0.05) is 0 Å². The van der Waals surface area contributed by atoms with Gasteiger partial charge in [0.1, 0.15) is 16.5 Å². The Hall–Kier alpha value is -1.43. The Morgan fingerprint density at radius 1 is 1.20 bits per heavy atom. The molecule has 0 saturated carbocycles. The molecule has 0 spiro atoms. The monoisotopic (exact) mass is 293 g/mol. The van der Waals surface area contributed by atoms with Gasteiger partial charge < -0.3 is 14.6 Å². The van der Waals surface area contributed by atoms with E-state index in [1.807, 2.05) is 45.0 Å². The number of aryl methyl sites for hydroxylation is 1. The van der Waals surface area contributed by atoms with Crippen LogP contribution < -0.4 is 4.74 Å². The molecule has 1 aromatic heterocycles. The van der Waals surface area contributed by atoms with E-state index in [2.05, 4.69) is 4.98 Å². The fourth-order valence-electron chi connectivity index (χ4n) is 1.86. The van der Waals surface area contributed by atoms with E-state index in [0.717, 1.165) is 21.2 Å². The molecule has 0 radical (unpaired) electrons. The summed E-state index contributed by atoms with van der Waals surface area (Å²) in [5.74, 6) is 0.846. The van der Waals surface area contributed by atoms with Gasteiger partial charge in [0.25, 0.3) is 0 Å². The van der Waals surface area contributed by atoms with Gasteiger partial charge in [-0.2, -0.15) is 0 Å². The van der Waals surface area contributed by atoms with Gasteiger partial charge in [-0.25, -0.2) is 4.98 Å². The van der Waals surface area contributed by atoms with Crippen LogP contribution in [0.4, 0.5) is 0 Å². The summed E-state index contributed by atoms with van der Waals surface area (Å²) in [6.07, 6.45) is -0.951. The van der Waals surface area contributed by atoms with Gasteiger partial charge in [0.2, 0.25) is 0 Å². The molecule has 5 heteroatoms. The minimum absolute atomic E-state index is 0.455. The zero-order chi connectivity index (χ0) is 14.5. The first-order valence-corrected chi connectivity index (χ1v) is 7.47. The second-order valence-electron chi connectivity index (χ2n) is 4.23. The molecule has 0 amide bonds. The Morgan fingerprint density at radius 2 is 1.90 bits per heavy atom. The standard InChI is InChI=1S/C15H19NO3S/c1-4-18-12-8-6-11(7-9-12)14-16-13(10(3)20-14)15(17)19-5-2/h6-9,15,17H,4-5H2,1-3H3. The molecule has 0 aliphatic heterocycles. The van der Waals surface area contributed by atoms with Crippen LogP contribution in [0.2, 0.25) is 0 Å². The first kappa shape index (κ1) is 15.0. The summed E-state index contributed by atoms with van der Waals surface area (Å²) in [5, 5.41) is 10.8. The maximum atomic E-state index is 9.88. The fraction of sp³-hybridized carbons (Fsp3) is 0.400. The van der Waals surface area contributed by atoms with E-state index in [4.69, 9.17) is 9.47 Å².